The zero-order valence-electron chi connectivity index (χ0n) is 29.1. The molecule has 0 N–H and O–H groups in total. The standard InChI is InChI=1S/C37H48O11/c1-9-13-26(41)46-29-19(2)17-37(48-22(5)40)28(29)31(45-21(4)39)36-18-43-35(8,33(37)47-32(42)23-14-11-10-12-15-23)30(36)27-24(34(27,6)7)16-25(36)44-20(3)38/h10-12,14-15,19,24-25,27-31,33H,9,13,16-18H2,1-8H3/t19-,24-,25+,27-,28+,29-,30-,31+,33+,35+,36+,37+/m0/s1. The minimum absolute atomic E-state index is 0.000451. The minimum atomic E-state index is -1.65. The summed E-state index contributed by atoms with van der Waals surface area (Å²) in [6, 6.07) is 8.53. The predicted octanol–water partition coefficient (Wildman–Crippen LogP) is 4.83. The van der Waals surface area contributed by atoms with Gasteiger partial charge in [0.15, 0.2) is 11.7 Å². The Labute approximate surface area is 281 Å². The number of ether oxygens (including phenoxy) is 6. The molecule has 4 saturated carbocycles. The SMILES string of the molecule is CCCC(=O)O[C@@H]1[C@@H]2[C@@H](OC(C)=O)[C@@]34CO[C@@](C)([C@@H](OC(=O)c5ccccc5)[C@@]2(OC(C)=O)C[C@@H]1C)[C@@H]3[C@@H]1[C@H](C[C@H]4OC(C)=O)C1(C)C. The molecule has 12 atom stereocenters. The molecule has 1 aromatic rings. The normalized spacial score (nSPS) is 41.4. The number of hydrogen-bond donors (Lipinski definition) is 0. The van der Waals surface area contributed by atoms with E-state index in [4.69, 9.17) is 28.4 Å². The number of carbonyl (C=O) groups is 5. The van der Waals surface area contributed by atoms with Gasteiger partial charge in [-0.05, 0) is 61.5 Å². The van der Waals surface area contributed by atoms with Crippen LogP contribution in [0.4, 0.5) is 0 Å². The molecule has 48 heavy (non-hydrogen) atoms. The van der Waals surface area contributed by atoms with Crippen LogP contribution in [0.5, 0.6) is 0 Å². The van der Waals surface area contributed by atoms with E-state index < -0.39 is 88.6 Å². The van der Waals surface area contributed by atoms with E-state index in [0.717, 1.165) is 0 Å². The van der Waals surface area contributed by atoms with Crippen molar-refractivity contribution in [2.75, 3.05) is 6.61 Å². The van der Waals surface area contributed by atoms with Crippen molar-refractivity contribution in [1.29, 1.82) is 0 Å². The first-order valence-electron chi connectivity index (χ1n) is 17.2. The van der Waals surface area contributed by atoms with E-state index in [1.807, 2.05) is 20.8 Å². The molecule has 6 rings (SSSR count). The van der Waals surface area contributed by atoms with Crippen molar-refractivity contribution in [2.24, 2.45) is 40.4 Å². The van der Waals surface area contributed by atoms with Gasteiger partial charge in [0.25, 0.3) is 0 Å². The predicted molar refractivity (Wildman–Crippen MR) is 169 cm³/mol. The summed E-state index contributed by atoms with van der Waals surface area (Å²) in [5.41, 5.74) is -4.02. The molecular weight excluding hydrogens is 620 g/mol. The lowest BCUT2D eigenvalue weighted by atomic mass is 9.57. The maximum Gasteiger partial charge on any atom is 0.338 e. The summed E-state index contributed by atoms with van der Waals surface area (Å²) in [7, 11) is 0. The first-order valence-corrected chi connectivity index (χ1v) is 17.2. The van der Waals surface area contributed by atoms with Crippen molar-refractivity contribution >= 4 is 29.8 Å². The Balaban J connectivity index is 1.65. The van der Waals surface area contributed by atoms with Gasteiger partial charge in [-0.2, -0.15) is 0 Å². The lowest BCUT2D eigenvalue weighted by Gasteiger charge is -2.50. The fraction of sp³-hybridized carbons (Fsp3) is 0.703. The highest BCUT2D eigenvalue weighted by molar-refractivity contribution is 5.89. The summed E-state index contributed by atoms with van der Waals surface area (Å²) in [4.78, 5) is 66.6. The maximum absolute atomic E-state index is 14.1. The third-order valence-corrected chi connectivity index (χ3v) is 12.2. The smallest absolute Gasteiger partial charge is 0.338 e. The van der Waals surface area contributed by atoms with Crippen molar-refractivity contribution in [3.05, 3.63) is 35.9 Å². The summed E-state index contributed by atoms with van der Waals surface area (Å²) in [5.74, 6) is -4.56. The molecule has 2 bridgehead atoms. The van der Waals surface area contributed by atoms with Crippen molar-refractivity contribution in [2.45, 2.75) is 117 Å². The van der Waals surface area contributed by atoms with Gasteiger partial charge < -0.3 is 28.4 Å². The van der Waals surface area contributed by atoms with Crippen molar-refractivity contribution < 1.29 is 52.4 Å². The number of rotatable bonds is 8. The average molecular weight is 669 g/mol. The van der Waals surface area contributed by atoms with Crippen LogP contribution in [0.25, 0.3) is 0 Å². The van der Waals surface area contributed by atoms with E-state index >= 15 is 0 Å². The lowest BCUT2D eigenvalue weighted by molar-refractivity contribution is -0.240. The van der Waals surface area contributed by atoms with Crippen LogP contribution in [0.2, 0.25) is 0 Å². The first-order chi connectivity index (χ1) is 22.5. The second-order valence-corrected chi connectivity index (χ2v) is 15.5. The Morgan fingerprint density at radius 3 is 2.15 bits per heavy atom. The summed E-state index contributed by atoms with van der Waals surface area (Å²) in [5, 5.41) is 0. The molecule has 4 aliphatic carbocycles. The molecule has 0 amide bonds. The summed E-state index contributed by atoms with van der Waals surface area (Å²) in [6.45, 7) is 13.9. The average Bonchev–Trinajstić information content (AvgIpc) is 3.25. The molecule has 1 aliphatic heterocycles. The fourth-order valence-corrected chi connectivity index (χ4v) is 10.6. The molecule has 1 saturated heterocycles. The fourth-order valence-electron chi connectivity index (χ4n) is 10.6. The molecule has 0 unspecified atom stereocenters. The third kappa shape index (κ3) is 5.05. The highest BCUT2D eigenvalue weighted by atomic mass is 16.6. The third-order valence-electron chi connectivity index (χ3n) is 12.2. The van der Waals surface area contributed by atoms with Crippen LogP contribution in [-0.2, 0) is 47.6 Å². The van der Waals surface area contributed by atoms with Crippen LogP contribution in [0.15, 0.2) is 30.3 Å². The van der Waals surface area contributed by atoms with Crippen LogP contribution in [-0.4, -0.2) is 72.1 Å². The van der Waals surface area contributed by atoms with Gasteiger partial charge in [0.2, 0.25) is 0 Å². The highest BCUT2D eigenvalue weighted by Crippen LogP contribution is 2.79. The maximum atomic E-state index is 14.1. The highest BCUT2D eigenvalue weighted by Gasteiger charge is 2.86. The molecule has 5 fully saturated rings. The molecular formula is C37H48O11. The van der Waals surface area contributed by atoms with E-state index in [0.29, 0.717) is 18.4 Å². The summed E-state index contributed by atoms with van der Waals surface area (Å²) in [6.07, 6.45) is -2.63. The Bertz CT molecular complexity index is 1490. The second kappa shape index (κ2) is 11.8. The molecule has 262 valence electrons. The van der Waals surface area contributed by atoms with Crippen molar-refractivity contribution in [1.82, 2.24) is 0 Å². The molecule has 5 aliphatic rings. The van der Waals surface area contributed by atoms with Crippen molar-refractivity contribution in [3.63, 3.8) is 0 Å². The molecule has 0 radical (unpaired) electrons. The zero-order chi connectivity index (χ0) is 35.0. The Hall–Kier alpha value is -3.47. The molecule has 1 aromatic carbocycles. The van der Waals surface area contributed by atoms with Crippen LogP contribution in [0.1, 0.15) is 91.4 Å². The molecule has 11 nitrogen and oxygen atoms in total. The Morgan fingerprint density at radius 1 is 0.875 bits per heavy atom. The van der Waals surface area contributed by atoms with Gasteiger partial charge in [0.1, 0.15) is 23.9 Å². The monoisotopic (exact) mass is 668 g/mol. The van der Waals surface area contributed by atoms with Gasteiger partial charge in [0.05, 0.1) is 23.5 Å². The van der Waals surface area contributed by atoms with Gasteiger partial charge in [-0.3, -0.25) is 19.2 Å². The minimum Gasteiger partial charge on any atom is -0.462 e. The number of carbonyl (C=O) groups excluding carboxylic acids is 5. The topological polar surface area (TPSA) is 141 Å². The van der Waals surface area contributed by atoms with Gasteiger partial charge in [-0.25, -0.2) is 4.79 Å². The summed E-state index contributed by atoms with van der Waals surface area (Å²) < 4.78 is 38.7. The largest absolute Gasteiger partial charge is 0.462 e. The van der Waals surface area contributed by atoms with Gasteiger partial charge >= 0.3 is 29.8 Å². The van der Waals surface area contributed by atoms with Crippen LogP contribution >= 0.6 is 0 Å². The van der Waals surface area contributed by atoms with E-state index in [9.17, 15) is 24.0 Å². The number of benzene rings is 1. The zero-order valence-corrected chi connectivity index (χ0v) is 29.1. The van der Waals surface area contributed by atoms with Crippen LogP contribution in [0, 0.1) is 40.4 Å². The van der Waals surface area contributed by atoms with E-state index in [1.165, 1.54) is 20.8 Å². The molecule has 1 heterocycles. The number of hydrogen-bond acceptors (Lipinski definition) is 11. The summed E-state index contributed by atoms with van der Waals surface area (Å²) >= 11 is 0. The second-order valence-electron chi connectivity index (χ2n) is 15.5. The quantitative estimate of drug-likeness (QED) is 0.278. The first kappa shape index (κ1) is 34.4. The van der Waals surface area contributed by atoms with E-state index in [-0.39, 0.29) is 36.7 Å². The Kier molecular flexibility index (Phi) is 8.49. The Morgan fingerprint density at radius 2 is 1.54 bits per heavy atom. The van der Waals surface area contributed by atoms with Gasteiger partial charge in [-0.1, -0.05) is 45.9 Å². The van der Waals surface area contributed by atoms with Gasteiger partial charge in [-0.15, -0.1) is 0 Å². The number of esters is 5. The van der Waals surface area contributed by atoms with E-state index in [1.54, 1.807) is 30.3 Å². The molecule has 0 aromatic heterocycles. The molecule has 11 heteroatoms. The van der Waals surface area contributed by atoms with Crippen LogP contribution in [0.3, 0.4) is 0 Å². The van der Waals surface area contributed by atoms with Gasteiger partial charge in [0, 0.05) is 33.1 Å². The number of fused-ring (bicyclic) bond motifs is 2. The molecule has 0 spiro atoms. The van der Waals surface area contributed by atoms with Crippen LogP contribution < -0.4 is 0 Å². The van der Waals surface area contributed by atoms with E-state index in [2.05, 4.69) is 13.8 Å². The van der Waals surface area contributed by atoms with Crippen molar-refractivity contribution in [3.8, 4) is 0 Å². The lowest BCUT2D eigenvalue weighted by Crippen LogP contribution is -2.64.